The normalized spacial score (nSPS) is 16.7. The first kappa shape index (κ1) is 14.3. The first-order valence-electron chi connectivity index (χ1n) is 7.68. The van der Waals surface area contributed by atoms with E-state index in [9.17, 15) is 0 Å². The summed E-state index contributed by atoms with van der Waals surface area (Å²) in [6.45, 7) is 7.84. The van der Waals surface area contributed by atoms with Crippen molar-refractivity contribution in [1.29, 1.82) is 0 Å². The maximum atomic E-state index is 3.63. The van der Waals surface area contributed by atoms with Crippen LogP contribution in [0.15, 0.2) is 35.9 Å². The smallest absolute Gasteiger partial charge is 0.0291 e. The van der Waals surface area contributed by atoms with E-state index in [1.807, 2.05) is 0 Å². The predicted molar refractivity (Wildman–Crippen MR) is 83.5 cm³/mol. The number of nitrogens with one attached hydrogen (secondary N) is 1. The van der Waals surface area contributed by atoms with Gasteiger partial charge < -0.3 is 5.32 Å². The van der Waals surface area contributed by atoms with Crippen LogP contribution in [0.4, 0.5) is 0 Å². The largest absolute Gasteiger partial charge is 0.310 e. The topological polar surface area (TPSA) is 12.0 Å². The summed E-state index contributed by atoms with van der Waals surface area (Å²) in [5, 5.41) is 3.63. The van der Waals surface area contributed by atoms with Crippen molar-refractivity contribution in [2.45, 2.75) is 58.4 Å². The van der Waals surface area contributed by atoms with Gasteiger partial charge >= 0.3 is 0 Å². The Bertz CT molecular complexity index is 414. The second kappa shape index (κ2) is 6.91. The maximum Gasteiger partial charge on any atom is 0.0291 e. The summed E-state index contributed by atoms with van der Waals surface area (Å²) in [6.07, 6.45) is 7.61. The first-order chi connectivity index (χ1) is 9.16. The molecule has 1 aliphatic carbocycles. The molecule has 0 saturated heterocycles. The Labute approximate surface area is 118 Å². The van der Waals surface area contributed by atoms with Crippen LogP contribution in [0.5, 0.6) is 0 Å². The first-order valence-corrected chi connectivity index (χ1v) is 7.68. The van der Waals surface area contributed by atoms with Gasteiger partial charge in [-0.1, -0.05) is 49.8 Å². The monoisotopic (exact) mass is 257 g/mol. The van der Waals surface area contributed by atoms with E-state index in [0.717, 1.165) is 6.54 Å². The van der Waals surface area contributed by atoms with E-state index in [2.05, 4.69) is 56.4 Å². The average molecular weight is 257 g/mol. The maximum absolute atomic E-state index is 3.63. The lowest BCUT2D eigenvalue weighted by Crippen LogP contribution is -2.20. The minimum atomic E-state index is 0.447. The van der Waals surface area contributed by atoms with E-state index in [-0.39, 0.29) is 0 Å². The summed E-state index contributed by atoms with van der Waals surface area (Å²) >= 11 is 0. The van der Waals surface area contributed by atoms with E-state index in [0.29, 0.717) is 12.0 Å². The van der Waals surface area contributed by atoms with E-state index < -0.39 is 0 Å². The fraction of sp³-hybridized carbons (Fsp3) is 0.556. The molecule has 0 radical (unpaired) electrons. The third-order valence-electron chi connectivity index (χ3n) is 4.13. The van der Waals surface area contributed by atoms with Gasteiger partial charge in [0.05, 0.1) is 0 Å². The molecule has 0 aliphatic heterocycles. The van der Waals surface area contributed by atoms with Gasteiger partial charge in [0.2, 0.25) is 0 Å². The van der Waals surface area contributed by atoms with Crippen LogP contribution in [-0.4, -0.2) is 6.54 Å². The molecule has 0 spiro atoms. The standard InChI is InChI=1S/C18H27N/c1-14(2)17-8-10-18(11-9-17)15(3)19-13-12-16-6-4-5-7-16/h6,8-11,14-15,19H,4-5,7,12-13H2,1-3H3. The minimum absolute atomic E-state index is 0.447. The molecule has 1 N–H and O–H groups in total. The molecular formula is C18H27N. The molecule has 0 saturated carbocycles. The summed E-state index contributed by atoms with van der Waals surface area (Å²) in [6, 6.07) is 9.50. The van der Waals surface area contributed by atoms with E-state index >= 15 is 0 Å². The fourth-order valence-corrected chi connectivity index (χ4v) is 2.70. The molecule has 0 fully saturated rings. The summed E-state index contributed by atoms with van der Waals surface area (Å²) < 4.78 is 0. The third-order valence-corrected chi connectivity index (χ3v) is 4.13. The van der Waals surface area contributed by atoms with Crippen LogP contribution in [0.25, 0.3) is 0 Å². The zero-order valence-electron chi connectivity index (χ0n) is 12.6. The Morgan fingerprint density at radius 3 is 2.32 bits per heavy atom. The molecule has 1 nitrogen and oxygen atoms in total. The molecule has 19 heavy (non-hydrogen) atoms. The van der Waals surface area contributed by atoms with Crippen LogP contribution in [0.1, 0.15) is 69.5 Å². The highest BCUT2D eigenvalue weighted by Gasteiger charge is 2.07. The molecule has 1 unspecified atom stereocenters. The second-order valence-corrected chi connectivity index (χ2v) is 6.00. The Balaban J connectivity index is 1.80. The highest BCUT2D eigenvalue weighted by molar-refractivity contribution is 5.26. The lowest BCUT2D eigenvalue weighted by atomic mass is 9.99. The van der Waals surface area contributed by atoms with Crippen LogP contribution < -0.4 is 5.32 Å². The Hall–Kier alpha value is -1.08. The fourth-order valence-electron chi connectivity index (χ4n) is 2.70. The Morgan fingerprint density at radius 2 is 1.74 bits per heavy atom. The molecule has 1 aliphatic rings. The van der Waals surface area contributed by atoms with Crippen molar-refractivity contribution in [3.8, 4) is 0 Å². The van der Waals surface area contributed by atoms with Crippen molar-refractivity contribution in [3.63, 3.8) is 0 Å². The van der Waals surface area contributed by atoms with Crippen LogP contribution in [0, 0.1) is 0 Å². The van der Waals surface area contributed by atoms with Gasteiger partial charge in [0.1, 0.15) is 0 Å². The van der Waals surface area contributed by atoms with Crippen molar-refractivity contribution in [2.24, 2.45) is 0 Å². The number of benzene rings is 1. The zero-order chi connectivity index (χ0) is 13.7. The quantitative estimate of drug-likeness (QED) is 0.710. The van der Waals surface area contributed by atoms with Crippen molar-refractivity contribution in [3.05, 3.63) is 47.0 Å². The highest BCUT2D eigenvalue weighted by atomic mass is 14.9. The molecule has 104 valence electrons. The Kier molecular flexibility index (Phi) is 5.21. The molecule has 1 aromatic carbocycles. The van der Waals surface area contributed by atoms with Crippen molar-refractivity contribution < 1.29 is 0 Å². The summed E-state index contributed by atoms with van der Waals surface area (Å²) in [4.78, 5) is 0. The second-order valence-electron chi connectivity index (χ2n) is 6.00. The molecule has 2 rings (SSSR count). The SMILES string of the molecule is CC(C)c1ccc(C(C)NCCC2=CCCC2)cc1. The molecule has 1 aromatic rings. The van der Waals surface area contributed by atoms with Gasteiger partial charge in [0.25, 0.3) is 0 Å². The minimum Gasteiger partial charge on any atom is -0.310 e. The summed E-state index contributed by atoms with van der Waals surface area (Å²) in [7, 11) is 0. The van der Waals surface area contributed by atoms with Gasteiger partial charge in [-0.3, -0.25) is 0 Å². The van der Waals surface area contributed by atoms with Crippen LogP contribution >= 0.6 is 0 Å². The van der Waals surface area contributed by atoms with Gasteiger partial charge in [0, 0.05) is 6.04 Å². The summed E-state index contributed by atoms with van der Waals surface area (Å²) in [5.41, 5.74) is 4.46. The lowest BCUT2D eigenvalue weighted by Gasteiger charge is -2.15. The van der Waals surface area contributed by atoms with E-state index in [1.54, 1.807) is 5.57 Å². The molecule has 0 aromatic heterocycles. The van der Waals surface area contributed by atoms with Crippen molar-refractivity contribution in [2.75, 3.05) is 6.54 Å². The molecule has 0 amide bonds. The van der Waals surface area contributed by atoms with Gasteiger partial charge in [-0.25, -0.2) is 0 Å². The number of hydrogen-bond acceptors (Lipinski definition) is 1. The lowest BCUT2D eigenvalue weighted by molar-refractivity contribution is 0.572. The number of rotatable bonds is 6. The van der Waals surface area contributed by atoms with Crippen molar-refractivity contribution in [1.82, 2.24) is 5.32 Å². The molecule has 1 atom stereocenters. The summed E-state index contributed by atoms with van der Waals surface area (Å²) in [5.74, 6) is 0.617. The van der Waals surface area contributed by atoms with Crippen molar-refractivity contribution >= 4 is 0 Å². The van der Waals surface area contributed by atoms with Crippen LogP contribution in [0.2, 0.25) is 0 Å². The van der Waals surface area contributed by atoms with Gasteiger partial charge in [-0.2, -0.15) is 0 Å². The molecular weight excluding hydrogens is 230 g/mol. The molecule has 0 heterocycles. The molecule has 1 heteroatoms. The average Bonchev–Trinajstić information content (AvgIpc) is 2.92. The van der Waals surface area contributed by atoms with Crippen LogP contribution in [-0.2, 0) is 0 Å². The molecule has 0 bridgehead atoms. The van der Waals surface area contributed by atoms with Gasteiger partial charge in [-0.15, -0.1) is 0 Å². The van der Waals surface area contributed by atoms with E-state index in [4.69, 9.17) is 0 Å². The highest BCUT2D eigenvalue weighted by Crippen LogP contribution is 2.21. The number of allylic oxidation sites excluding steroid dienone is 1. The predicted octanol–water partition coefficient (Wildman–Crippen LogP) is 4.96. The van der Waals surface area contributed by atoms with E-state index in [1.165, 1.54) is 36.8 Å². The zero-order valence-corrected chi connectivity index (χ0v) is 12.6. The Morgan fingerprint density at radius 1 is 1.05 bits per heavy atom. The third kappa shape index (κ3) is 4.21. The number of hydrogen-bond donors (Lipinski definition) is 1. The van der Waals surface area contributed by atoms with Gasteiger partial charge in [-0.05, 0) is 56.2 Å². The van der Waals surface area contributed by atoms with Gasteiger partial charge in [0.15, 0.2) is 0 Å². The van der Waals surface area contributed by atoms with Crippen LogP contribution in [0.3, 0.4) is 0 Å².